The van der Waals surface area contributed by atoms with Gasteiger partial charge in [0.25, 0.3) is 0 Å². The third-order valence-corrected chi connectivity index (χ3v) is 2.15. The van der Waals surface area contributed by atoms with E-state index in [0.29, 0.717) is 0 Å². The molecular formula is C12H17N. The van der Waals surface area contributed by atoms with Gasteiger partial charge in [0.1, 0.15) is 0 Å². The fourth-order valence-electron chi connectivity index (χ4n) is 1.32. The highest BCUT2D eigenvalue weighted by Gasteiger charge is 2.00. The van der Waals surface area contributed by atoms with Crippen molar-refractivity contribution in [1.82, 2.24) is 0 Å². The minimum Gasteiger partial charge on any atom is -0.264 e. The first-order valence-corrected chi connectivity index (χ1v) is 4.78. The summed E-state index contributed by atoms with van der Waals surface area (Å²) in [6.45, 7) is 8.05. The van der Waals surface area contributed by atoms with Crippen molar-refractivity contribution in [3.8, 4) is 0 Å². The lowest BCUT2D eigenvalue weighted by atomic mass is 10.0. The second-order valence-electron chi connectivity index (χ2n) is 3.72. The predicted octanol–water partition coefficient (Wildman–Crippen LogP) is 3.61. The predicted molar refractivity (Wildman–Crippen MR) is 58.8 cm³/mol. The van der Waals surface area contributed by atoms with Crippen molar-refractivity contribution in [2.75, 3.05) is 0 Å². The Morgan fingerprint density at radius 2 is 2.00 bits per heavy atom. The van der Waals surface area contributed by atoms with E-state index in [1.165, 1.54) is 12.0 Å². The fourth-order valence-corrected chi connectivity index (χ4v) is 1.32. The van der Waals surface area contributed by atoms with Gasteiger partial charge in [0.05, 0.1) is 5.69 Å². The molecular weight excluding hydrogens is 158 g/mol. The molecule has 70 valence electrons. The van der Waals surface area contributed by atoms with Crippen LogP contribution in [-0.2, 0) is 6.42 Å². The average molecular weight is 175 g/mol. The maximum atomic E-state index is 4.00. The van der Waals surface area contributed by atoms with Crippen molar-refractivity contribution in [3.63, 3.8) is 0 Å². The minimum atomic E-state index is 0.748. The molecule has 13 heavy (non-hydrogen) atoms. The zero-order chi connectivity index (χ0) is 9.68. The molecule has 1 aromatic rings. The van der Waals surface area contributed by atoms with E-state index in [9.17, 15) is 0 Å². The number of nitrogens with zero attached hydrogens (tertiary/aromatic N) is 1. The highest BCUT2D eigenvalue weighted by molar-refractivity contribution is 5.51. The molecule has 0 radical (unpaired) electrons. The van der Waals surface area contributed by atoms with Crippen molar-refractivity contribution in [2.24, 2.45) is 10.9 Å². The first kappa shape index (κ1) is 9.97. The Balaban J connectivity index is 2.69. The lowest BCUT2D eigenvalue weighted by Crippen LogP contribution is -1.92. The van der Waals surface area contributed by atoms with Gasteiger partial charge in [0, 0.05) is 0 Å². The van der Waals surface area contributed by atoms with Crippen LogP contribution in [0.15, 0.2) is 29.3 Å². The molecule has 0 atom stereocenters. The van der Waals surface area contributed by atoms with Crippen molar-refractivity contribution in [1.29, 1.82) is 0 Å². The fraction of sp³-hybridized carbons (Fsp3) is 0.417. The number of benzene rings is 1. The molecule has 0 aromatic heterocycles. The molecule has 0 fully saturated rings. The van der Waals surface area contributed by atoms with Crippen LogP contribution in [0.1, 0.15) is 25.8 Å². The van der Waals surface area contributed by atoms with E-state index in [1.807, 2.05) is 12.1 Å². The van der Waals surface area contributed by atoms with Crippen LogP contribution in [0.3, 0.4) is 0 Å². The lowest BCUT2D eigenvalue weighted by molar-refractivity contribution is 0.587. The average Bonchev–Trinajstić information content (AvgIpc) is 2.15. The van der Waals surface area contributed by atoms with Gasteiger partial charge in [0.15, 0.2) is 0 Å². The first-order valence-electron chi connectivity index (χ1n) is 4.78. The molecule has 1 aromatic carbocycles. The molecule has 1 nitrogen and oxygen atoms in total. The summed E-state index contributed by atoms with van der Waals surface area (Å²) in [6, 6.07) is 8.21. The standard InChI is InChI=1S/C12H17N/c1-10(2)8-9-11-6-4-5-7-12(11)13-3/h4-7,10H,3,8-9H2,1-2H3. The molecule has 0 unspecified atom stereocenters. The Morgan fingerprint density at radius 3 is 2.62 bits per heavy atom. The number of hydrogen-bond donors (Lipinski definition) is 0. The Bertz CT molecular complexity index is 276. The van der Waals surface area contributed by atoms with Crippen LogP contribution in [0.25, 0.3) is 0 Å². The van der Waals surface area contributed by atoms with Gasteiger partial charge >= 0.3 is 0 Å². The molecule has 0 bridgehead atoms. The summed E-state index contributed by atoms with van der Waals surface area (Å²) < 4.78 is 0. The largest absolute Gasteiger partial charge is 0.264 e. The van der Waals surface area contributed by atoms with Gasteiger partial charge in [-0.1, -0.05) is 32.0 Å². The SMILES string of the molecule is C=Nc1ccccc1CCC(C)C. The molecule has 1 rings (SSSR count). The van der Waals surface area contributed by atoms with E-state index in [0.717, 1.165) is 18.0 Å². The summed E-state index contributed by atoms with van der Waals surface area (Å²) in [5, 5.41) is 0. The van der Waals surface area contributed by atoms with Gasteiger partial charge in [-0.15, -0.1) is 0 Å². The van der Waals surface area contributed by atoms with E-state index in [-0.39, 0.29) is 0 Å². The normalized spacial score (nSPS) is 10.4. The molecule has 0 heterocycles. The number of aryl methyl sites for hydroxylation is 1. The minimum absolute atomic E-state index is 0.748. The molecule has 0 amide bonds. The zero-order valence-electron chi connectivity index (χ0n) is 8.46. The lowest BCUT2D eigenvalue weighted by Gasteiger charge is -2.06. The van der Waals surface area contributed by atoms with Crippen LogP contribution in [0.5, 0.6) is 0 Å². The molecule has 0 N–H and O–H groups in total. The molecule has 0 saturated carbocycles. The number of para-hydroxylation sites is 1. The van der Waals surface area contributed by atoms with Crippen LogP contribution in [0, 0.1) is 5.92 Å². The van der Waals surface area contributed by atoms with Crippen LogP contribution >= 0.6 is 0 Å². The molecule has 0 aliphatic carbocycles. The van der Waals surface area contributed by atoms with Gasteiger partial charge in [-0.2, -0.15) is 0 Å². The summed E-state index contributed by atoms with van der Waals surface area (Å²) in [6.07, 6.45) is 2.32. The third kappa shape index (κ3) is 3.02. The molecule has 0 saturated heterocycles. The van der Waals surface area contributed by atoms with Crippen molar-refractivity contribution >= 4 is 12.4 Å². The maximum absolute atomic E-state index is 4.00. The molecule has 0 aliphatic heterocycles. The summed E-state index contributed by atoms with van der Waals surface area (Å²) >= 11 is 0. The van der Waals surface area contributed by atoms with Gasteiger partial charge in [-0.25, -0.2) is 0 Å². The Morgan fingerprint density at radius 1 is 1.31 bits per heavy atom. The maximum Gasteiger partial charge on any atom is 0.0654 e. The number of rotatable bonds is 4. The topological polar surface area (TPSA) is 12.4 Å². The number of aliphatic imine (C=N–C) groups is 1. The van der Waals surface area contributed by atoms with Crippen LogP contribution < -0.4 is 0 Å². The van der Waals surface area contributed by atoms with Crippen molar-refractivity contribution in [2.45, 2.75) is 26.7 Å². The second-order valence-corrected chi connectivity index (χ2v) is 3.72. The van der Waals surface area contributed by atoms with Gasteiger partial charge < -0.3 is 0 Å². The monoisotopic (exact) mass is 175 g/mol. The summed E-state index contributed by atoms with van der Waals surface area (Å²) in [7, 11) is 0. The van der Waals surface area contributed by atoms with Crippen LogP contribution in [0.2, 0.25) is 0 Å². The Labute approximate surface area is 80.5 Å². The quantitative estimate of drug-likeness (QED) is 0.620. The zero-order valence-corrected chi connectivity index (χ0v) is 8.46. The van der Waals surface area contributed by atoms with Gasteiger partial charge in [-0.3, -0.25) is 4.99 Å². The highest BCUT2D eigenvalue weighted by atomic mass is 14.7. The summed E-state index contributed by atoms with van der Waals surface area (Å²) in [5.74, 6) is 0.748. The third-order valence-electron chi connectivity index (χ3n) is 2.15. The van der Waals surface area contributed by atoms with E-state index < -0.39 is 0 Å². The van der Waals surface area contributed by atoms with E-state index in [4.69, 9.17) is 0 Å². The highest BCUT2D eigenvalue weighted by Crippen LogP contribution is 2.20. The molecule has 0 spiro atoms. The van der Waals surface area contributed by atoms with Crippen LogP contribution in [-0.4, -0.2) is 6.72 Å². The number of hydrogen-bond acceptors (Lipinski definition) is 1. The first-order chi connectivity index (χ1) is 6.24. The summed E-state index contributed by atoms with van der Waals surface area (Å²) in [5.41, 5.74) is 2.34. The van der Waals surface area contributed by atoms with Crippen molar-refractivity contribution in [3.05, 3.63) is 29.8 Å². The smallest absolute Gasteiger partial charge is 0.0654 e. The Kier molecular flexibility index (Phi) is 3.69. The second kappa shape index (κ2) is 4.80. The molecule has 0 aliphatic rings. The van der Waals surface area contributed by atoms with Crippen molar-refractivity contribution < 1.29 is 0 Å². The Hall–Kier alpha value is -1.11. The van der Waals surface area contributed by atoms with Crippen LogP contribution in [0.4, 0.5) is 5.69 Å². The van der Waals surface area contributed by atoms with E-state index >= 15 is 0 Å². The van der Waals surface area contributed by atoms with E-state index in [1.54, 1.807) is 0 Å². The van der Waals surface area contributed by atoms with Gasteiger partial charge in [-0.05, 0) is 37.1 Å². The van der Waals surface area contributed by atoms with Gasteiger partial charge in [0.2, 0.25) is 0 Å². The van der Waals surface area contributed by atoms with E-state index in [2.05, 4.69) is 37.7 Å². The summed E-state index contributed by atoms with van der Waals surface area (Å²) in [4.78, 5) is 4.00. The molecule has 1 heteroatoms.